The fraction of sp³-hybridized carbons (Fsp3) is 0.967. The van der Waals surface area contributed by atoms with Crippen molar-refractivity contribution in [2.24, 2.45) is 35.5 Å². The van der Waals surface area contributed by atoms with Crippen LogP contribution < -0.4 is 10.6 Å². The lowest BCUT2D eigenvalue weighted by atomic mass is 9.68. The highest BCUT2D eigenvalue weighted by atomic mass is 16.1. The molecule has 0 aromatic rings. The van der Waals surface area contributed by atoms with Crippen LogP contribution in [0.15, 0.2) is 0 Å². The normalized spacial score (nSPS) is 25.8. The summed E-state index contributed by atoms with van der Waals surface area (Å²) in [5, 5.41) is 7.88. The summed E-state index contributed by atoms with van der Waals surface area (Å²) in [6, 6.07) is 1.29. The molecule has 4 fully saturated rings. The van der Waals surface area contributed by atoms with E-state index in [0.29, 0.717) is 48.3 Å². The minimum atomic E-state index is 0.198. The highest BCUT2D eigenvalue weighted by Gasteiger charge is 2.40. The van der Waals surface area contributed by atoms with Crippen LogP contribution >= 0.6 is 0 Å². The Morgan fingerprint density at radius 2 is 0.641 bits per heavy atom. The molecule has 2 N–H and O–H groups in total. The summed E-state index contributed by atoms with van der Waals surface area (Å²) >= 11 is 0. The Balaban J connectivity index is 0.949. The Morgan fingerprint density at radius 1 is 0.359 bits per heavy atom. The lowest BCUT2D eigenvalue weighted by Crippen LogP contribution is -2.52. The molecule has 0 radical (unpaired) electrons. The van der Waals surface area contributed by atoms with Crippen LogP contribution in [-0.2, 0) is 9.59 Å². The molecule has 4 aliphatic rings. The molecule has 0 spiro atoms. The van der Waals surface area contributed by atoms with Gasteiger partial charge in [0, 0.05) is 49.9 Å². The highest BCUT2D eigenvalue weighted by Crippen LogP contribution is 2.41. The van der Waals surface area contributed by atoms with Crippen LogP contribution in [0.25, 0.3) is 0 Å². The van der Waals surface area contributed by atoms with Crippen LogP contribution in [0, 0.1) is 35.5 Å². The fourth-order valence-corrected chi connectivity index (χ4v) is 13.5. The Morgan fingerprint density at radius 3 is 0.938 bits per heavy atom. The fourth-order valence-electron chi connectivity index (χ4n) is 13.5. The first kappa shape index (κ1) is 55.9. The summed E-state index contributed by atoms with van der Waals surface area (Å²) in [6.45, 7) is 6.40. The van der Waals surface area contributed by atoms with E-state index in [1.54, 1.807) is 0 Å². The second-order valence-corrected chi connectivity index (χ2v) is 23.0. The number of hydrogen-bond acceptors (Lipinski definition) is 4. The molecule has 8 atom stereocenters. The second-order valence-electron chi connectivity index (χ2n) is 23.0. The van der Waals surface area contributed by atoms with Crippen LogP contribution in [0.1, 0.15) is 309 Å². The molecule has 8 unspecified atom stereocenters. The van der Waals surface area contributed by atoms with Crippen molar-refractivity contribution in [1.29, 1.82) is 0 Å². The first-order chi connectivity index (χ1) is 31.6. The van der Waals surface area contributed by atoms with E-state index in [2.05, 4.69) is 24.5 Å². The minimum absolute atomic E-state index is 0.198. The van der Waals surface area contributed by atoms with Gasteiger partial charge in [-0.3, -0.25) is 9.59 Å². The van der Waals surface area contributed by atoms with Crippen LogP contribution in [-0.4, -0.2) is 36.7 Å². The van der Waals surface area contributed by atoms with Gasteiger partial charge in [0.15, 0.2) is 0 Å². The number of Topliss-reactive ketones (excluding diaryl/α,β-unsaturated/α-hetero) is 2. The first-order valence-corrected chi connectivity index (χ1v) is 30.1. The topological polar surface area (TPSA) is 58.2 Å². The van der Waals surface area contributed by atoms with Gasteiger partial charge < -0.3 is 10.6 Å². The van der Waals surface area contributed by atoms with Gasteiger partial charge >= 0.3 is 0 Å². The average Bonchev–Trinajstić information content (AvgIpc) is 3.32. The Labute approximate surface area is 400 Å². The van der Waals surface area contributed by atoms with Gasteiger partial charge in [-0.1, -0.05) is 232 Å². The predicted octanol–water partition coefficient (Wildman–Crippen LogP) is 17.8. The van der Waals surface area contributed by atoms with Gasteiger partial charge in [0.25, 0.3) is 0 Å². The molecule has 374 valence electrons. The van der Waals surface area contributed by atoms with E-state index in [0.717, 1.165) is 50.6 Å². The van der Waals surface area contributed by atoms with Crippen molar-refractivity contribution in [3.8, 4) is 0 Å². The van der Waals surface area contributed by atoms with Crippen LogP contribution in [0.4, 0.5) is 0 Å². The van der Waals surface area contributed by atoms with Crippen molar-refractivity contribution in [2.45, 2.75) is 321 Å². The van der Waals surface area contributed by atoms with E-state index in [-0.39, 0.29) is 11.8 Å². The Bertz CT molecular complexity index is 1040. The molecule has 2 aliphatic heterocycles. The molecule has 2 saturated heterocycles. The third-order valence-electron chi connectivity index (χ3n) is 17.6. The Hall–Kier alpha value is -0.740. The van der Waals surface area contributed by atoms with Crippen molar-refractivity contribution >= 4 is 11.6 Å². The molecule has 64 heavy (non-hydrogen) atoms. The lowest BCUT2D eigenvalue weighted by molar-refractivity contribution is -0.126. The van der Waals surface area contributed by atoms with E-state index in [1.165, 1.54) is 257 Å². The van der Waals surface area contributed by atoms with Gasteiger partial charge in [0.2, 0.25) is 0 Å². The molecular formula is C60H112N2O2. The number of piperidine rings is 2. The summed E-state index contributed by atoms with van der Waals surface area (Å²) in [4.78, 5) is 26.8. The van der Waals surface area contributed by atoms with Gasteiger partial charge in [-0.2, -0.15) is 0 Å². The summed E-state index contributed by atoms with van der Waals surface area (Å²) in [5.41, 5.74) is 0. The van der Waals surface area contributed by atoms with Gasteiger partial charge in [0.1, 0.15) is 11.6 Å². The number of rotatable bonds is 41. The highest BCUT2D eigenvalue weighted by molar-refractivity contribution is 5.82. The SMILES string of the molecule is CCCCCCCCCCCCCCCCCCC1CCCC2CC(C(=O)CCCCC(=O)C3CNC4C(CCCCCCCCCCCCCCCCCC)CCCC4C3)CNC12. The number of carbonyl (C=O) groups is 2. The summed E-state index contributed by atoms with van der Waals surface area (Å²) < 4.78 is 0. The monoisotopic (exact) mass is 893 g/mol. The minimum Gasteiger partial charge on any atom is -0.313 e. The lowest BCUT2D eigenvalue weighted by Gasteiger charge is -2.44. The molecule has 4 rings (SSSR count). The number of unbranched alkanes of at least 4 members (excludes halogenated alkanes) is 31. The number of hydrogen-bond donors (Lipinski definition) is 2. The van der Waals surface area contributed by atoms with Crippen molar-refractivity contribution < 1.29 is 9.59 Å². The van der Waals surface area contributed by atoms with E-state index in [1.807, 2.05) is 0 Å². The zero-order chi connectivity index (χ0) is 45.1. The molecule has 2 aliphatic carbocycles. The van der Waals surface area contributed by atoms with Crippen LogP contribution in [0.5, 0.6) is 0 Å². The van der Waals surface area contributed by atoms with E-state index in [4.69, 9.17) is 0 Å². The van der Waals surface area contributed by atoms with Gasteiger partial charge in [-0.15, -0.1) is 0 Å². The van der Waals surface area contributed by atoms with Gasteiger partial charge in [-0.05, 0) is 87.9 Å². The molecule has 4 heteroatoms. The summed E-state index contributed by atoms with van der Waals surface area (Å²) in [5.74, 6) is 4.37. The summed E-state index contributed by atoms with van der Waals surface area (Å²) in [6.07, 6.45) is 62.2. The Kier molecular flexibility index (Phi) is 32.5. The maximum absolute atomic E-state index is 13.4. The number of fused-ring (bicyclic) bond motifs is 2. The first-order valence-electron chi connectivity index (χ1n) is 30.1. The third kappa shape index (κ3) is 24.0. The zero-order valence-electron chi connectivity index (χ0n) is 43.4. The maximum atomic E-state index is 13.4. The predicted molar refractivity (Wildman–Crippen MR) is 278 cm³/mol. The largest absolute Gasteiger partial charge is 0.313 e. The second kappa shape index (κ2) is 37.2. The van der Waals surface area contributed by atoms with Gasteiger partial charge in [0.05, 0.1) is 0 Å². The van der Waals surface area contributed by atoms with Crippen molar-refractivity contribution in [1.82, 2.24) is 10.6 Å². The molecule has 4 nitrogen and oxygen atoms in total. The number of carbonyl (C=O) groups excluding carboxylic acids is 2. The number of ketones is 2. The van der Waals surface area contributed by atoms with E-state index < -0.39 is 0 Å². The van der Waals surface area contributed by atoms with Crippen molar-refractivity contribution in [3.63, 3.8) is 0 Å². The van der Waals surface area contributed by atoms with Crippen LogP contribution in [0.3, 0.4) is 0 Å². The molecule has 0 bridgehead atoms. The molecule has 0 aromatic heterocycles. The quantitative estimate of drug-likeness (QED) is 0.0601. The van der Waals surface area contributed by atoms with Crippen molar-refractivity contribution in [2.75, 3.05) is 13.1 Å². The molecule has 2 saturated carbocycles. The molecule has 2 heterocycles. The third-order valence-corrected chi connectivity index (χ3v) is 17.6. The average molecular weight is 894 g/mol. The standard InChI is InChI=1S/C60H112N2O2/c1-3-5-7-9-11-13-15-17-19-21-23-25-27-29-31-33-39-51-41-37-43-53-47-55(49-61-59(51)53)57(63)45-35-36-46-58(64)56-48-54-44-38-42-52(60(54)62-50-56)40-34-32-30-28-26-24-22-20-18-16-14-12-10-8-6-4-2/h51-56,59-62H,3-50H2,1-2H3. The molecule has 0 amide bonds. The number of nitrogens with one attached hydrogen (secondary N) is 2. The smallest absolute Gasteiger partial charge is 0.137 e. The molecule has 0 aromatic carbocycles. The molecular weight excluding hydrogens is 781 g/mol. The van der Waals surface area contributed by atoms with Gasteiger partial charge in [-0.25, -0.2) is 0 Å². The van der Waals surface area contributed by atoms with Crippen molar-refractivity contribution in [3.05, 3.63) is 0 Å². The summed E-state index contributed by atoms with van der Waals surface area (Å²) in [7, 11) is 0. The maximum Gasteiger partial charge on any atom is 0.137 e. The zero-order valence-corrected chi connectivity index (χ0v) is 43.4. The van der Waals surface area contributed by atoms with E-state index in [9.17, 15) is 9.59 Å². The van der Waals surface area contributed by atoms with E-state index >= 15 is 0 Å². The van der Waals surface area contributed by atoms with Crippen LogP contribution in [0.2, 0.25) is 0 Å².